The van der Waals surface area contributed by atoms with Gasteiger partial charge in [0.1, 0.15) is 5.82 Å². The Hall–Kier alpha value is -0.960. The number of nitrogens with one attached hydrogen (secondary N) is 1. The summed E-state index contributed by atoms with van der Waals surface area (Å²) in [6, 6.07) is 3.28. The van der Waals surface area contributed by atoms with Crippen LogP contribution >= 0.6 is 11.6 Å². The molecule has 3 N–H and O–H groups in total. The summed E-state index contributed by atoms with van der Waals surface area (Å²) in [4.78, 5) is 0. The molecule has 0 heterocycles. The Labute approximate surface area is 100.0 Å². The van der Waals surface area contributed by atoms with Crippen molar-refractivity contribution in [3.63, 3.8) is 0 Å². The summed E-state index contributed by atoms with van der Waals surface area (Å²) in [5, 5.41) is 3.34. The van der Waals surface area contributed by atoms with Gasteiger partial charge in [0.15, 0.2) is 0 Å². The summed E-state index contributed by atoms with van der Waals surface area (Å²) in [5.74, 6) is 0.286. The van der Waals surface area contributed by atoms with Crippen LogP contribution in [0.3, 0.4) is 0 Å². The smallest absolute Gasteiger partial charge is 0.143 e. The Bertz CT molecular complexity index is 395. The third-order valence-corrected chi connectivity index (χ3v) is 3.31. The molecule has 4 heteroatoms. The minimum Gasteiger partial charge on any atom is -0.397 e. The SMILES string of the molecule is CCCC1CC1Nc1cc(F)c(Cl)cc1N. The average molecular weight is 243 g/mol. The highest BCUT2D eigenvalue weighted by atomic mass is 35.5. The van der Waals surface area contributed by atoms with Crippen LogP contribution in [0.5, 0.6) is 0 Å². The molecule has 1 aliphatic rings. The quantitative estimate of drug-likeness (QED) is 0.791. The predicted octanol–water partition coefficient (Wildman–Crippen LogP) is 3.66. The zero-order chi connectivity index (χ0) is 11.7. The van der Waals surface area contributed by atoms with Crippen molar-refractivity contribution in [2.24, 2.45) is 5.92 Å². The predicted molar refractivity (Wildman–Crippen MR) is 66.2 cm³/mol. The molecule has 0 aliphatic heterocycles. The number of hydrogen-bond donors (Lipinski definition) is 2. The number of halogens is 2. The maximum absolute atomic E-state index is 13.2. The lowest BCUT2D eigenvalue weighted by Gasteiger charge is -2.09. The maximum Gasteiger partial charge on any atom is 0.143 e. The van der Waals surface area contributed by atoms with E-state index in [1.54, 1.807) is 0 Å². The number of nitrogen functional groups attached to an aromatic ring is 1. The van der Waals surface area contributed by atoms with Gasteiger partial charge in [0.25, 0.3) is 0 Å². The van der Waals surface area contributed by atoms with E-state index in [1.165, 1.54) is 25.0 Å². The molecule has 2 atom stereocenters. The normalized spacial score (nSPS) is 23.2. The van der Waals surface area contributed by atoms with Crippen LogP contribution in [-0.2, 0) is 0 Å². The largest absolute Gasteiger partial charge is 0.397 e. The first kappa shape index (κ1) is 11.5. The van der Waals surface area contributed by atoms with Gasteiger partial charge in [-0.25, -0.2) is 4.39 Å². The molecule has 0 spiro atoms. The van der Waals surface area contributed by atoms with Crippen molar-refractivity contribution in [3.05, 3.63) is 23.0 Å². The molecule has 0 bridgehead atoms. The lowest BCUT2D eigenvalue weighted by molar-refractivity contribution is 0.628. The van der Waals surface area contributed by atoms with E-state index in [-0.39, 0.29) is 5.02 Å². The summed E-state index contributed by atoms with van der Waals surface area (Å²) >= 11 is 5.63. The molecule has 0 saturated heterocycles. The van der Waals surface area contributed by atoms with Crippen LogP contribution < -0.4 is 11.1 Å². The summed E-state index contributed by atoms with van der Waals surface area (Å²) in [7, 11) is 0. The van der Waals surface area contributed by atoms with Crippen LogP contribution in [0.2, 0.25) is 5.02 Å². The third kappa shape index (κ3) is 2.40. The Morgan fingerprint density at radius 1 is 1.56 bits per heavy atom. The summed E-state index contributed by atoms with van der Waals surface area (Å²) in [6.45, 7) is 2.17. The molecule has 2 rings (SSSR count). The van der Waals surface area contributed by atoms with Gasteiger partial charge < -0.3 is 11.1 Å². The number of rotatable bonds is 4. The summed E-state index contributed by atoms with van der Waals surface area (Å²) in [5.41, 5.74) is 6.94. The lowest BCUT2D eigenvalue weighted by Crippen LogP contribution is -2.07. The van der Waals surface area contributed by atoms with Gasteiger partial charge in [0.2, 0.25) is 0 Å². The molecule has 0 aromatic heterocycles. The third-order valence-electron chi connectivity index (χ3n) is 3.02. The Balaban J connectivity index is 2.03. The first-order valence-corrected chi connectivity index (χ1v) is 6.00. The molecule has 1 saturated carbocycles. The highest BCUT2D eigenvalue weighted by Gasteiger charge is 2.36. The second kappa shape index (κ2) is 4.50. The maximum atomic E-state index is 13.2. The van der Waals surface area contributed by atoms with E-state index in [0.29, 0.717) is 23.3 Å². The van der Waals surface area contributed by atoms with Gasteiger partial charge in [-0.05, 0) is 24.8 Å². The van der Waals surface area contributed by atoms with E-state index in [2.05, 4.69) is 12.2 Å². The average Bonchev–Trinajstić information content (AvgIpc) is 2.94. The monoisotopic (exact) mass is 242 g/mol. The van der Waals surface area contributed by atoms with Gasteiger partial charge in [-0.1, -0.05) is 24.9 Å². The highest BCUT2D eigenvalue weighted by Crippen LogP contribution is 2.39. The Morgan fingerprint density at radius 2 is 2.31 bits per heavy atom. The van der Waals surface area contributed by atoms with Gasteiger partial charge in [0, 0.05) is 12.1 Å². The van der Waals surface area contributed by atoms with Gasteiger partial charge in [0.05, 0.1) is 16.4 Å². The van der Waals surface area contributed by atoms with Crippen LogP contribution in [0.15, 0.2) is 12.1 Å². The number of nitrogens with two attached hydrogens (primary N) is 1. The molecular formula is C12H16ClFN2. The van der Waals surface area contributed by atoms with Crippen molar-refractivity contribution < 1.29 is 4.39 Å². The van der Waals surface area contributed by atoms with E-state index in [1.807, 2.05) is 0 Å². The Morgan fingerprint density at radius 3 is 3.00 bits per heavy atom. The van der Waals surface area contributed by atoms with Crippen molar-refractivity contribution in [3.8, 4) is 0 Å². The molecule has 1 aromatic rings. The van der Waals surface area contributed by atoms with Crippen LogP contribution in [0.1, 0.15) is 26.2 Å². The molecule has 0 amide bonds. The van der Waals surface area contributed by atoms with Gasteiger partial charge in [-0.15, -0.1) is 0 Å². The molecule has 0 radical (unpaired) electrons. The first-order valence-electron chi connectivity index (χ1n) is 5.63. The second-order valence-corrected chi connectivity index (χ2v) is 4.80. The fraction of sp³-hybridized carbons (Fsp3) is 0.500. The van der Waals surface area contributed by atoms with E-state index >= 15 is 0 Å². The molecule has 1 aromatic carbocycles. The molecule has 2 nitrogen and oxygen atoms in total. The number of anilines is 2. The molecule has 88 valence electrons. The minimum atomic E-state index is -0.425. The molecule has 1 aliphatic carbocycles. The van der Waals surface area contributed by atoms with E-state index in [0.717, 1.165) is 6.42 Å². The van der Waals surface area contributed by atoms with Crippen molar-refractivity contribution in [2.75, 3.05) is 11.1 Å². The first-order chi connectivity index (χ1) is 7.61. The fourth-order valence-corrected chi connectivity index (χ4v) is 2.17. The Kier molecular flexibility index (Phi) is 3.24. The van der Waals surface area contributed by atoms with Crippen molar-refractivity contribution in [2.45, 2.75) is 32.2 Å². The van der Waals surface area contributed by atoms with Crippen LogP contribution in [-0.4, -0.2) is 6.04 Å². The fourth-order valence-electron chi connectivity index (χ4n) is 2.00. The van der Waals surface area contributed by atoms with E-state index in [4.69, 9.17) is 17.3 Å². The minimum absolute atomic E-state index is 0.0731. The van der Waals surface area contributed by atoms with Crippen LogP contribution in [0.4, 0.5) is 15.8 Å². The molecule has 16 heavy (non-hydrogen) atoms. The molecular weight excluding hydrogens is 227 g/mol. The van der Waals surface area contributed by atoms with E-state index in [9.17, 15) is 4.39 Å². The standard InChI is InChI=1S/C12H16ClFN2/c1-2-3-7-4-11(7)16-12-6-9(14)8(13)5-10(12)15/h5-7,11,16H,2-4,15H2,1H3. The van der Waals surface area contributed by atoms with Gasteiger partial charge in [-0.3, -0.25) is 0 Å². The zero-order valence-corrected chi connectivity index (χ0v) is 10.0. The second-order valence-electron chi connectivity index (χ2n) is 4.39. The van der Waals surface area contributed by atoms with E-state index < -0.39 is 5.82 Å². The van der Waals surface area contributed by atoms with Crippen molar-refractivity contribution in [1.29, 1.82) is 0 Å². The van der Waals surface area contributed by atoms with Gasteiger partial charge in [-0.2, -0.15) is 0 Å². The number of benzene rings is 1. The molecule has 1 fully saturated rings. The van der Waals surface area contributed by atoms with Crippen LogP contribution in [0.25, 0.3) is 0 Å². The lowest BCUT2D eigenvalue weighted by atomic mass is 10.2. The van der Waals surface area contributed by atoms with Crippen molar-refractivity contribution >= 4 is 23.0 Å². The summed E-state index contributed by atoms with van der Waals surface area (Å²) in [6.07, 6.45) is 3.55. The topological polar surface area (TPSA) is 38.0 Å². The number of hydrogen-bond acceptors (Lipinski definition) is 2. The zero-order valence-electron chi connectivity index (χ0n) is 9.26. The summed E-state index contributed by atoms with van der Waals surface area (Å²) < 4.78 is 13.2. The van der Waals surface area contributed by atoms with Gasteiger partial charge >= 0.3 is 0 Å². The highest BCUT2D eigenvalue weighted by molar-refractivity contribution is 6.31. The molecule has 2 unspecified atom stereocenters. The van der Waals surface area contributed by atoms with Crippen LogP contribution in [0, 0.1) is 11.7 Å². The van der Waals surface area contributed by atoms with Crippen molar-refractivity contribution in [1.82, 2.24) is 0 Å².